The summed E-state index contributed by atoms with van der Waals surface area (Å²) >= 11 is 0. The predicted molar refractivity (Wildman–Crippen MR) is 84.4 cm³/mol. The van der Waals surface area contributed by atoms with E-state index < -0.39 is 17.8 Å². The van der Waals surface area contributed by atoms with Crippen molar-refractivity contribution in [2.45, 2.75) is 18.7 Å². The molecule has 2 rings (SSSR count). The molecule has 1 atom stereocenters. The molecule has 0 spiro atoms. The van der Waals surface area contributed by atoms with Crippen LogP contribution in [0.4, 0.5) is 17.6 Å². The van der Waals surface area contributed by atoms with Crippen LogP contribution in [0.5, 0.6) is 5.75 Å². The average molecular weight is 341 g/mol. The molecule has 1 unspecified atom stereocenters. The highest BCUT2D eigenvalue weighted by atomic mass is 19.4. The van der Waals surface area contributed by atoms with Crippen molar-refractivity contribution in [3.63, 3.8) is 0 Å². The molecule has 2 nitrogen and oxygen atoms in total. The number of alkyl halides is 3. The van der Waals surface area contributed by atoms with Gasteiger partial charge in [0.05, 0.1) is 5.56 Å². The Morgan fingerprint density at radius 2 is 1.71 bits per heavy atom. The van der Waals surface area contributed by atoms with Gasteiger partial charge in [-0.15, -0.1) is 0 Å². The normalized spacial score (nSPS) is 13.1. The largest absolute Gasteiger partial charge is 0.486 e. The first kappa shape index (κ1) is 18.3. The molecule has 0 amide bonds. The van der Waals surface area contributed by atoms with Gasteiger partial charge in [0.1, 0.15) is 17.7 Å². The third-order valence-electron chi connectivity index (χ3n) is 3.52. The zero-order valence-electron chi connectivity index (χ0n) is 13.5. The van der Waals surface area contributed by atoms with Gasteiger partial charge in [-0.05, 0) is 50.0 Å². The van der Waals surface area contributed by atoms with Gasteiger partial charge >= 0.3 is 6.18 Å². The second-order valence-electron chi connectivity index (χ2n) is 5.78. The van der Waals surface area contributed by atoms with Gasteiger partial charge in [-0.25, -0.2) is 4.39 Å². The van der Waals surface area contributed by atoms with Gasteiger partial charge in [0.25, 0.3) is 0 Å². The van der Waals surface area contributed by atoms with Crippen LogP contribution in [-0.2, 0) is 6.18 Å². The fraction of sp³-hybridized carbons (Fsp3) is 0.333. The lowest BCUT2D eigenvalue weighted by atomic mass is 10.1. The highest BCUT2D eigenvalue weighted by Crippen LogP contribution is 2.33. The second kappa shape index (κ2) is 7.66. The molecular weight excluding hydrogens is 322 g/mol. The Balaban J connectivity index is 2.23. The predicted octanol–water partition coefficient (Wildman–Crippen LogP) is 4.92. The zero-order valence-corrected chi connectivity index (χ0v) is 13.5. The van der Waals surface area contributed by atoms with Gasteiger partial charge in [0.15, 0.2) is 0 Å². The fourth-order valence-corrected chi connectivity index (χ4v) is 2.26. The van der Waals surface area contributed by atoms with E-state index >= 15 is 0 Å². The molecule has 2 aromatic rings. The van der Waals surface area contributed by atoms with Gasteiger partial charge in [0.2, 0.25) is 0 Å². The number of hydrogen-bond donors (Lipinski definition) is 0. The van der Waals surface area contributed by atoms with Crippen molar-refractivity contribution in [3.05, 3.63) is 65.5 Å². The van der Waals surface area contributed by atoms with Gasteiger partial charge in [0, 0.05) is 13.0 Å². The standard InChI is InChI=1S/C18H19F4NO/c1-23(2)11-10-17(13-6-8-15(19)9-7-13)24-16-5-3-4-14(12-16)18(20,21)22/h3-9,12,17H,10-11H2,1-2H3. The Labute approximate surface area is 138 Å². The zero-order chi connectivity index (χ0) is 17.7. The molecule has 2 aromatic carbocycles. The molecule has 0 aliphatic rings. The summed E-state index contributed by atoms with van der Waals surface area (Å²) < 4.78 is 57.3. The number of hydrogen-bond acceptors (Lipinski definition) is 2. The summed E-state index contributed by atoms with van der Waals surface area (Å²) in [6, 6.07) is 10.6. The van der Waals surface area contributed by atoms with E-state index in [4.69, 9.17) is 4.74 Å². The highest BCUT2D eigenvalue weighted by Gasteiger charge is 2.30. The lowest BCUT2D eigenvalue weighted by Crippen LogP contribution is -2.19. The van der Waals surface area contributed by atoms with E-state index in [0.717, 1.165) is 17.7 Å². The molecular formula is C18H19F4NO. The van der Waals surface area contributed by atoms with Gasteiger partial charge < -0.3 is 9.64 Å². The van der Waals surface area contributed by atoms with E-state index in [2.05, 4.69) is 0 Å². The van der Waals surface area contributed by atoms with Crippen molar-refractivity contribution in [1.82, 2.24) is 4.90 Å². The molecule has 6 heteroatoms. The van der Waals surface area contributed by atoms with Crippen LogP contribution in [0.15, 0.2) is 48.5 Å². The van der Waals surface area contributed by atoms with Crippen molar-refractivity contribution in [2.24, 2.45) is 0 Å². The minimum absolute atomic E-state index is 0.137. The maximum atomic E-state index is 13.1. The summed E-state index contributed by atoms with van der Waals surface area (Å²) in [5.74, 6) is -0.234. The van der Waals surface area contributed by atoms with Crippen LogP contribution in [0.2, 0.25) is 0 Å². The van der Waals surface area contributed by atoms with Crippen LogP contribution in [0.25, 0.3) is 0 Å². The molecule has 130 valence electrons. The van der Waals surface area contributed by atoms with Crippen molar-refractivity contribution in [1.29, 1.82) is 0 Å². The number of halogens is 4. The fourth-order valence-electron chi connectivity index (χ4n) is 2.26. The van der Waals surface area contributed by atoms with Crippen molar-refractivity contribution < 1.29 is 22.3 Å². The first-order valence-corrected chi connectivity index (χ1v) is 7.50. The second-order valence-corrected chi connectivity index (χ2v) is 5.78. The van der Waals surface area contributed by atoms with Gasteiger partial charge in [-0.3, -0.25) is 0 Å². The summed E-state index contributed by atoms with van der Waals surface area (Å²) in [5.41, 5.74) is -0.0406. The summed E-state index contributed by atoms with van der Waals surface area (Å²) in [5, 5.41) is 0. The van der Waals surface area contributed by atoms with Crippen LogP contribution in [0.3, 0.4) is 0 Å². The smallest absolute Gasteiger partial charge is 0.416 e. The molecule has 0 aliphatic heterocycles. The summed E-state index contributed by atoms with van der Waals surface area (Å²) in [4.78, 5) is 1.95. The third-order valence-corrected chi connectivity index (χ3v) is 3.52. The van der Waals surface area contributed by atoms with Gasteiger partial charge in [-0.2, -0.15) is 13.2 Å². The lowest BCUT2D eigenvalue weighted by Gasteiger charge is -2.22. The molecule has 0 saturated carbocycles. The maximum Gasteiger partial charge on any atom is 0.416 e. The summed E-state index contributed by atoms with van der Waals surface area (Å²) in [6.45, 7) is 0.682. The maximum absolute atomic E-state index is 13.1. The molecule has 24 heavy (non-hydrogen) atoms. The van der Waals surface area contributed by atoms with Crippen LogP contribution in [0.1, 0.15) is 23.7 Å². The van der Waals surface area contributed by atoms with Crippen LogP contribution in [-0.4, -0.2) is 25.5 Å². The monoisotopic (exact) mass is 341 g/mol. The van der Waals surface area contributed by atoms with Crippen LogP contribution >= 0.6 is 0 Å². The number of benzene rings is 2. The minimum Gasteiger partial charge on any atom is -0.486 e. The Bertz CT molecular complexity index is 653. The average Bonchev–Trinajstić information content (AvgIpc) is 2.51. The molecule has 0 N–H and O–H groups in total. The number of rotatable bonds is 6. The Morgan fingerprint density at radius 1 is 1.04 bits per heavy atom. The van der Waals surface area contributed by atoms with E-state index in [-0.39, 0.29) is 11.6 Å². The number of ether oxygens (including phenoxy) is 1. The van der Waals surface area contributed by atoms with Crippen molar-refractivity contribution >= 4 is 0 Å². The first-order valence-electron chi connectivity index (χ1n) is 7.50. The molecule has 0 fully saturated rings. The molecule has 0 heterocycles. The lowest BCUT2D eigenvalue weighted by molar-refractivity contribution is -0.137. The van der Waals surface area contributed by atoms with Crippen molar-refractivity contribution in [2.75, 3.05) is 20.6 Å². The Kier molecular flexibility index (Phi) is 5.83. The molecule has 0 aliphatic carbocycles. The minimum atomic E-state index is -4.42. The van der Waals surface area contributed by atoms with E-state index in [0.29, 0.717) is 13.0 Å². The highest BCUT2D eigenvalue weighted by molar-refractivity contribution is 5.31. The van der Waals surface area contributed by atoms with Crippen LogP contribution < -0.4 is 4.74 Å². The topological polar surface area (TPSA) is 12.5 Å². The SMILES string of the molecule is CN(C)CCC(Oc1cccc(C(F)(F)F)c1)c1ccc(F)cc1. The molecule has 0 bridgehead atoms. The van der Waals surface area contributed by atoms with E-state index in [1.54, 1.807) is 12.1 Å². The first-order chi connectivity index (χ1) is 11.3. The Morgan fingerprint density at radius 3 is 2.29 bits per heavy atom. The summed E-state index contributed by atoms with van der Waals surface area (Å²) in [6.07, 6.45) is -4.32. The van der Waals surface area contributed by atoms with E-state index in [1.165, 1.54) is 24.3 Å². The Hall–Kier alpha value is -2.08. The molecule has 0 radical (unpaired) electrons. The van der Waals surface area contributed by atoms with Gasteiger partial charge in [-0.1, -0.05) is 18.2 Å². The third kappa shape index (κ3) is 5.23. The molecule has 0 aromatic heterocycles. The van der Waals surface area contributed by atoms with Crippen molar-refractivity contribution in [3.8, 4) is 5.75 Å². The number of nitrogens with zero attached hydrogens (tertiary/aromatic N) is 1. The van der Waals surface area contributed by atoms with E-state index in [9.17, 15) is 17.6 Å². The van der Waals surface area contributed by atoms with Crippen LogP contribution in [0, 0.1) is 5.82 Å². The quantitative estimate of drug-likeness (QED) is 0.692. The summed E-state index contributed by atoms with van der Waals surface area (Å²) in [7, 11) is 3.79. The van der Waals surface area contributed by atoms with E-state index in [1.807, 2.05) is 19.0 Å². The molecule has 0 saturated heterocycles.